The molecule has 3 fully saturated rings. The number of carbonyl (C=O) groups excluding carboxylic acids is 1. The van der Waals surface area contributed by atoms with E-state index in [1.165, 1.54) is 44.1 Å². The smallest absolute Gasteiger partial charge is 0.251 e. The van der Waals surface area contributed by atoms with Crippen LogP contribution in [0, 0.1) is 0 Å². The molecule has 2 N–H and O–H groups in total. The lowest BCUT2D eigenvalue weighted by Gasteiger charge is -2.41. The van der Waals surface area contributed by atoms with Gasteiger partial charge in [-0.05, 0) is 67.5 Å². The molecule has 1 amide bonds. The van der Waals surface area contributed by atoms with Gasteiger partial charge < -0.3 is 10.4 Å². The Hall–Kier alpha value is -2.63. The summed E-state index contributed by atoms with van der Waals surface area (Å²) < 4.78 is 0. The molecule has 2 saturated heterocycles. The molecule has 0 aromatic heterocycles. The fourth-order valence-electron chi connectivity index (χ4n) is 6.73. The molecule has 5 nitrogen and oxygen atoms in total. The van der Waals surface area contributed by atoms with Crippen LogP contribution in [0.25, 0.3) is 0 Å². The van der Waals surface area contributed by atoms with Gasteiger partial charge in [-0.15, -0.1) is 6.58 Å². The van der Waals surface area contributed by atoms with Crippen LogP contribution in [-0.2, 0) is 0 Å². The summed E-state index contributed by atoms with van der Waals surface area (Å²) >= 11 is 0. The summed E-state index contributed by atoms with van der Waals surface area (Å²) in [5, 5.41) is 13.5. The van der Waals surface area contributed by atoms with Crippen molar-refractivity contribution in [3.63, 3.8) is 0 Å². The first-order valence-electron chi connectivity index (χ1n) is 13.9. The third-order valence-corrected chi connectivity index (χ3v) is 8.53. The first-order valence-corrected chi connectivity index (χ1v) is 13.9. The number of rotatable bonds is 7. The lowest BCUT2D eigenvalue weighted by molar-refractivity contribution is 0.0927. The molecule has 0 radical (unpaired) electrons. The van der Waals surface area contributed by atoms with Crippen LogP contribution < -0.4 is 5.32 Å². The van der Waals surface area contributed by atoms with Crippen molar-refractivity contribution in [2.45, 2.75) is 82.0 Å². The molecular formula is C31H41N3O2. The van der Waals surface area contributed by atoms with E-state index in [1.807, 2.05) is 30.3 Å². The Bertz CT molecular complexity index is 1030. The molecule has 1 saturated carbocycles. The zero-order valence-electron chi connectivity index (χ0n) is 21.4. The minimum atomic E-state index is 0.0333. The number of nitrogens with zero attached hydrogens (tertiary/aromatic N) is 2. The van der Waals surface area contributed by atoms with E-state index in [4.69, 9.17) is 0 Å². The number of phenolic OH excluding ortho intramolecular Hbond substituents is 1. The van der Waals surface area contributed by atoms with Crippen molar-refractivity contribution in [3.8, 4) is 5.75 Å². The molecule has 0 spiro atoms. The molecule has 2 aromatic rings. The zero-order valence-corrected chi connectivity index (χ0v) is 21.4. The van der Waals surface area contributed by atoms with Crippen LogP contribution in [0.4, 0.5) is 0 Å². The summed E-state index contributed by atoms with van der Waals surface area (Å²) in [5.74, 6) is 0.328. The monoisotopic (exact) mass is 487 g/mol. The van der Waals surface area contributed by atoms with Crippen LogP contribution in [0.5, 0.6) is 5.75 Å². The molecule has 3 atom stereocenters. The third-order valence-electron chi connectivity index (χ3n) is 8.53. The van der Waals surface area contributed by atoms with Gasteiger partial charge >= 0.3 is 0 Å². The third kappa shape index (κ3) is 5.68. The van der Waals surface area contributed by atoms with Gasteiger partial charge in [-0.3, -0.25) is 14.6 Å². The van der Waals surface area contributed by atoms with Crippen molar-refractivity contribution >= 4 is 5.91 Å². The van der Waals surface area contributed by atoms with Crippen molar-refractivity contribution in [1.82, 2.24) is 15.1 Å². The molecule has 2 bridgehead atoms. The molecular weight excluding hydrogens is 446 g/mol. The summed E-state index contributed by atoms with van der Waals surface area (Å²) in [5.41, 5.74) is 2.99. The average Bonchev–Trinajstić information content (AvgIpc) is 2.98. The van der Waals surface area contributed by atoms with Crippen LogP contribution in [0.3, 0.4) is 0 Å². The number of phenols is 1. The van der Waals surface area contributed by atoms with Gasteiger partial charge in [-0.2, -0.15) is 0 Å². The van der Waals surface area contributed by atoms with Crippen LogP contribution in [0.1, 0.15) is 85.3 Å². The molecule has 2 aliphatic heterocycles. The van der Waals surface area contributed by atoms with Gasteiger partial charge in [0.25, 0.3) is 5.91 Å². The Morgan fingerprint density at radius 3 is 2.50 bits per heavy atom. The Labute approximate surface area is 216 Å². The number of hydrogen-bond donors (Lipinski definition) is 2. The molecule has 5 heteroatoms. The summed E-state index contributed by atoms with van der Waals surface area (Å²) in [7, 11) is 0. The fourth-order valence-corrected chi connectivity index (χ4v) is 6.73. The standard InChI is InChI=1S/C31H41N3O2/c1-2-19-34-27-11-7-12-28(34)22-33(20-18-27)30(25-8-6-13-29(35)21-25)23-14-16-24(17-15-23)31(36)32-26-9-4-3-5-10-26/h2,6,8,13-17,21,26-28,30,35H,1,3-5,7,9-12,18-20,22H2,(H,32,36). The van der Waals surface area contributed by atoms with Gasteiger partial charge in [0.15, 0.2) is 0 Å². The Morgan fingerprint density at radius 1 is 0.972 bits per heavy atom. The summed E-state index contributed by atoms with van der Waals surface area (Å²) in [6.45, 7) is 6.97. The second-order valence-corrected chi connectivity index (χ2v) is 10.9. The number of hydrogen-bond acceptors (Lipinski definition) is 4. The molecule has 36 heavy (non-hydrogen) atoms. The summed E-state index contributed by atoms with van der Waals surface area (Å²) in [4.78, 5) is 18.2. The maximum absolute atomic E-state index is 12.9. The van der Waals surface area contributed by atoms with Crippen molar-refractivity contribution < 1.29 is 9.90 Å². The fraction of sp³-hybridized carbons (Fsp3) is 0.516. The highest BCUT2D eigenvalue weighted by Crippen LogP contribution is 2.36. The predicted molar refractivity (Wildman–Crippen MR) is 145 cm³/mol. The number of fused-ring (bicyclic) bond motifs is 2. The Balaban J connectivity index is 1.40. The highest BCUT2D eigenvalue weighted by Gasteiger charge is 2.36. The number of piperidine rings is 1. The van der Waals surface area contributed by atoms with Gasteiger partial charge in [0, 0.05) is 43.3 Å². The molecule has 2 aromatic carbocycles. The number of nitrogens with one attached hydrogen (secondary N) is 1. The van der Waals surface area contributed by atoms with Crippen LogP contribution in [0.2, 0.25) is 0 Å². The largest absolute Gasteiger partial charge is 0.508 e. The van der Waals surface area contributed by atoms with Gasteiger partial charge in [-0.1, -0.05) is 56.0 Å². The topological polar surface area (TPSA) is 55.8 Å². The van der Waals surface area contributed by atoms with Gasteiger partial charge in [0.1, 0.15) is 5.75 Å². The Morgan fingerprint density at radius 2 is 1.75 bits per heavy atom. The maximum atomic E-state index is 12.9. The van der Waals surface area contributed by atoms with Gasteiger partial charge in [0.2, 0.25) is 0 Å². The molecule has 5 rings (SSSR count). The van der Waals surface area contributed by atoms with Crippen LogP contribution >= 0.6 is 0 Å². The first-order chi connectivity index (χ1) is 17.6. The average molecular weight is 488 g/mol. The highest BCUT2D eigenvalue weighted by molar-refractivity contribution is 5.94. The molecule has 1 aliphatic carbocycles. The van der Waals surface area contributed by atoms with E-state index < -0.39 is 0 Å². The van der Waals surface area contributed by atoms with Gasteiger partial charge in [0.05, 0.1) is 6.04 Å². The van der Waals surface area contributed by atoms with E-state index in [0.29, 0.717) is 23.9 Å². The van der Waals surface area contributed by atoms with E-state index in [0.717, 1.165) is 50.0 Å². The highest BCUT2D eigenvalue weighted by atomic mass is 16.3. The SMILES string of the molecule is C=CCN1C2CCCC1CN(C(c1ccc(C(=O)NC3CCCCC3)cc1)c1cccc(O)c1)CC2. The van der Waals surface area contributed by atoms with E-state index in [9.17, 15) is 9.90 Å². The van der Waals surface area contributed by atoms with Gasteiger partial charge in [-0.25, -0.2) is 0 Å². The van der Waals surface area contributed by atoms with E-state index in [2.05, 4.69) is 39.9 Å². The lowest BCUT2D eigenvalue weighted by atomic mass is 9.93. The van der Waals surface area contributed by atoms with Crippen molar-refractivity contribution in [3.05, 3.63) is 77.9 Å². The molecule has 3 aliphatic rings. The van der Waals surface area contributed by atoms with Crippen molar-refractivity contribution in [2.24, 2.45) is 0 Å². The van der Waals surface area contributed by atoms with E-state index >= 15 is 0 Å². The second-order valence-electron chi connectivity index (χ2n) is 10.9. The quantitative estimate of drug-likeness (QED) is 0.495. The van der Waals surface area contributed by atoms with Crippen LogP contribution in [0.15, 0.2) is 61.2 Å². The predicted octanol–water partition coefficient (Wildman–Crippen LogP) is 5.66. The Kier molecular flexibility index (Phi) is 8.08. The van der Waals surface area contributed by atoms with E-state index in [1.54, 1.807) is 6.07 Å². The van der Waals surface area contributed by atoms with Crippen LogP contribution in [-0.4, -0.2) is 58.6 Å². The molecule has 2 heterocycles. The summed E-state index contributed by atoms with van der Waals surface area (Å²) in [6, 6.07) is 17.3. The number of amides is 1. The zero-order chi connectivity index (χ0) is 24.9. The second kappa shape index (κ2) is 11.6. The van der Waals surface area contributed by atoms with E-state index in [-0.39, 0.29) is 11.9 Å². The number of benzene rings is 2. The first kappa shape index (κ1) is 25.0. The maximum Gasteiger partial charge on any atom is 0.251 e. The lowest BCUT2D eigenvalue weighted by Crippen LogP contribution is -2.48. The van der Waals surface area contributed by atoms with Crippen molar-refractivity contribution in [1.29, 1.82) is 0 Å². The van der Waals surface area contributed by atoms with Crippen molar-refractivity contribution in [2.75, 3.05) is 19.6 Å². The number of carbonyl (C=O) groups is 1. The summed E-state index contributed by atoms with van der Waals surface area (Å²) in [6.07, 6.45) is 12.8. The minimum Gasteiger partial charge on any atom is -0.508 e. The molecule has 192 valence electrons. The molecule has 3 unspecified atom stereocenters. The minimum absolute atomic E-state index is 0.0333. The number of aromatic hydroxyl groups is 1. The normalized spacial score (nSPS) is 24.6.